The van der Waals surface area contributed by atoms with Crippen molar-refractivity contribution in [2.24, 2.45) is 0 Å². The maximum atomic E-state index is 12.9. The number of benzene rings is 1. The van der Waals surface area contributed by atoms with Gasteiger partial charge in [-0.05, 0) is 24.3 Å². The SMILES string of the molecule is CN(c1cc2oc(=O)c(C(=O)O)cc2s1)S(=O)(=O)c1cccc(C(F)(F)F)c1. The van der Waals surface area contributed by atoms with E-state index in [1.807, 2.05) is 0 Å². The molecule has 3 aromatic rings. The number of halogens is 3. The maximum absolute atomic E-state index is 12.9. The molecule has 2 heterocycles. The van der Waals surface area contributed by atoms with Gasteiger partial charge in [0.25, 0.3) is 10.0 Å². The van der Waals surface area contributed by atoms with Gasteiger partial charge >= 0.3 is 17.8 Å². The summed E-state index contributed by atoms with van der Waals surface area (Å²) in [6, 6.07) is 5.51. The van der Waals surface area contributed by atoms with Crippen LogP contribution >= 0.6 is 11.3 Å². The van der Waals surface area contributed by atoms with Crippen LogP contribution in [-0.4, -0.2) is 26.5 Å². The summed E-state index contributed by atoms with van der Waals surface area (Å²) in [7, 11) is -3.23. The van der Waals surface area contributed by atoms with E-state index >= 15 is 0 Å². The fourth-order valence-corrected chi connectivity index (χ4v) is 4.75. The normalized spacial score (nSPS) is 12.3. The lowest BCUT2D eigenvalue weighted by molar-refractivity contribution is -0.137. The Balaban J connectivity index is 2.07. The molecule has 2 aromatic heterocycles. The molecule has 0 saturated carbocycles. The summed E-state index contributed by atoms with van der Waals surface area (Å²) in [4.78, 5) is 22.1. The van der Waals surface area contributed by atoms with E-state index in [-0.39, 0.29) is 15.3 Å². The molecule has 0 amide bonds. The zero-order chi connectivity index (χ0) is 20.9. The number of fused-ring (bicyclic) bond motifs is 1. The van der Waals surface area contributed by atoms with Crippen LogP contribution in [0.2, 0.25) is 0 Å². The van der Waals surface area contributed by atoms with Gasteiger partial charge in [0.15, 0.2) is 5.58 Å². The van der Waals surface area contributed by atoms with Gasteiger partial charge in [0.05, 0.1) is 15.2 Å². The highest BCUT2D eigenvalue weighted by Gasteiger charge is 2.32. The van der Waals surface area contributed by atoms with Crippen molar-refractivity contribution in [3.05, 3.63) is 57.9 Å². The summed E-state index contributed by atoms with van der Waals surface area (Å²) in [6.45, 7) is 0. The van der Waals surface area contributed by atoms with E-state index in [1.165, 1.54) is 6.07 Å². The average Bonchev–Trinajstić information content (AvgIpc) is 3.02. The molecule has 148 valence electrons. The summed E-state index contributed by atoms with van der Waals surface area (Å²) in [5.41, 5.74) is -2.88. The first-order chi connectivity index (χ1) is 12.9. The van der Waals surface area contributed by atoms with Gasteiger partial charge in [-0.2, -0.15) is 13.2 Å². The highest BCUT2D eigenvalue weighted by Crippen LogP contribution is 2.36. The van der Waals surface area contributed by atoms with E-state index in [4.69, 9.17) is 9.52 Å². The number of rotatable bonds is 4. The van der Waals surface area contributed by atoms with Gasteiger partial charge in [-0.1, -0.05) is 6.07 Å². The zero-order valence-electron chi connectivity index (χ0n) is 13.9. The summed E-state index contributed by atoms with van der Waals surface area (Å²) in [5, 5.41) is 8.98. The second-order valence-electron chi connectivity index (χ2n) is 5.56. The number of sulfonamides is 1. The fraction of sp³-hybridized carbons (Fsp3) is 0.125. The number of aromatic carboxylic acids is 1. The van der Waals surface area contributed by atoms with Crippen LogP contribution in [0.15, 0.2) is 50.5 Å². The van der Waals surface area contributed by atoms with Crippen LogP contribution in [-0.2, 0) is 16.2 Å². The van der Waals surface area contributed by atoms with Gasteiger partial charge < -0.3 is 9.52 Å². The number of anilines is 1. The Hall–Kier alpha value is -2.86. The Labute approximate surface area is 159 Å². The number of hydrogen-bond donors (Lipinski definition) is 1. The summed E-state index contributed by atoms with van der Waals surface area (Å²) in [6.07, 6.45) is -4.71. The second kappa shape index (κ2) is 6.63. The molecule has 3 rings (SSSR count). The average molecular weight is 433 g/mol. The van der Waals surface area contributed by atoms with Crippen molar-refractivity contribution in [1.29, 1.82) is 0 Å². The second-order valence-corrected chi connectivity index (χ2v) is 8.60. The van der Waals surface area contributed by atoms with Gasteiger partial charge in [0.2, 0.25) is 0 Å². The van der Waals surface area contributed by atoms with Crippen molar-refractivity contribution in [3.8, 4) is 0 Å². The quantitative estimate of drug-likeness (QED) is 0.676. The van der Waals surface area contributed by atoms with Crippen molar-refractivity contribution in [1.82, 2.24) is 0 Å². The minimum atomic E-state index is -4.71. The third-order valence-corrected chi connectivity index (χ3v) is 6.79. The molecule has 0 aliphatic carbocycles. The number of carbonyl (C=O) groups is 1. The molecule has 0 unspecified atom stereocenters. The van der Waals surface area contributed by atoms with Gasteiger partial charge in [-0.25, -0.2) is 18.0 Å². The lowest BCUT2D eigenvalue weighted by Gasteiger charge is -2.18. The lowest BCUT2D eigenvalue weighted by Crippen LogP contribution is -2.26. The molecular weight excluding hydrogens is 423 g/mol. The first kappa shape index (κ1) is 19.9. The van der Waals surface area contributed by atoms with Crippen molar-refractivity contribution < 1.29 is 35.9 Å². The van der Waals surface area contributed by atoms with Crippen LogP contribution < -0.4 is 9.93 Å². The number of hydrogen-bond acceptors (Lipinski definition) is 6. The predicted octanol–water partition coefficient (Wildman–Crippen LogP) is 3.40. The monoisotopic (exact) mass is 433 g/mol. The Kier molecular flexibility index (Phi) is 4.71. The third kappa shape index (κ3) is 3.47. The topological polar surface area (TPSA) is 105 Å². The van der Waals surface area contributed by atoms with Crippen molar-refractivity contribution in [3.63, 3.8) is 0 Å². The smallest absolute Gasteiger partial charge is 0.416 e. The van der Waals surface area contributed by atoms with Gasteiger partial charge in [0.1, 0.15) is 10.6 Å². The van der Waals surface area contributed by atoms with Gasteiger partial charge in [-0.3, -0.25) is 4.31 Å². The predicted molar refractivity (Wildman–Crippen MR) is 94.4 cm³/mol. The summed E-state index contributed by atoms with van der Waals surface area (Å²) >= 11 is 0.805. The first-order valence-electron chi connectivity index (χ1n) is 7.38. The summed E-state index contributed by atoms with van der Waals surface area (Å²) < 4.78 is 69.8. The molecular formula is C16H10F3NO6S2. The maximum Gasteiger partial charge on any atom is 0.416 e. The van der Waals surface area contributed by atoms with E-state index in [9.17, 15) is 31.2 Å². The van der Waals surface area contributed by atoms with Gasteiger partial charge in [0, 0.05) is 13.1 Å². The largest absolute Gasteiger partial charge is 0.477 e. The number of carboxylic acid groups (broad SMARTS) is 1. The minimum Gasteiger partial charge on any atom is -0.477 e. The zero-order valence-corrected chi connectivity index (χ0v) is 15.5. The van der Waals surface area contributed by atoms with E-state index in [0.29, 0.717) is 6.07 Å². The van der Waals surface area contributed by atoms with Crippen LogP contribution in [0, 0.1) is 0 Å². The number of thiophene rings is 1. The highest BCUT2D eigenvalue weighted by atomic mass is 32.2. The number of nitrogens with zero attached hydrogens (tertiary/aromatic N) is 1. The molecule has 0 fully saturated rings. The Morgan fingerprint density at radius 1 is 1.21 bits per heavy atom. The molecule has 0 atom stereocenters. The molecule has 0 bridgehead atoms. The van der Waals surface area contributed by atoms with Gasteiger partial charge in [-0.15, -0.1) is 11.3 Å². The molecule has 0 aliphatic heterocycles. The lowest BCUT2D eigenvalue weighted by atomic mass is 10.2. The molecule has 7 nitrogen and oxygen atoms in total. The molecule has 0 aliphatic rings. The Morgan fingerprint density at radius 3 is 2.50 bits per heavy atom. The molecule has 12 heteroatoms. The van der Waals surface area contributed by atoms with Crippen LogP contribution in [0.1, 0.15) is 15.9 Å². The van der Waals surface area contributed by atoms with E-state index < -0.39 is 43.8 Å². The van der Waals surface area contributed by atoms with Crippen molar-refractivity contribution in [2.45, 2.75) is 11.1 Å². The van der Waals surface area contributed by atoms with Crippen LogP contribution in [0.3, 0.4) is 0 Å². The number of carboxylic acids is 1. The van der Waals surface area contributed by atoms with E-state index in [1.54, 1.807) is 0 Å². The van der Waals surface area contributed by atoms with Crippen LogP contribution in [0.25, 0.3) is 10.3 Å². The van der Waals surface area contributed by atoms with E-state index in [2.05, 4.69) is 0 Å². The molecule has 1 N–H and O–H groups in total. The Morgan fingerprint density at radius 2 is 1.89 bits per heavy atom. The minimum absolute atomic E-state index is 0.0260. The number of alkyl halides is 3. The van der Waals surface area contributed by atoms with E-state index in [0.717, 1.165) is 47.0 Å². The highest BCUT2D eigenvalue weighted by molar-refractivity contribution is 7.93. The van der Waals surface area contributed by atoms with Crippen LogP contribution in [0.5, 0.6) is 0 Å². The summed E-state index contributed by atoms with van der Waals surface area (Å²) in [5.74, 6) is -1.50. The molecule has 28 heavy (non-hydrogen) atoms. The Bertz CT molecular complexity index is 1240. The standard InChI is InChI=1S/C16H10F3NO6S2/c1-20(28(24,25)9-4-2-3-8(5-9)16(17,18)19)13-7-11-12(27-13)6-10(14(21)22)15(23)26-11/h2-7H,1H3,(H,21,22). The van der Waals surface area contributed by atoms with Crippen molar-refractivity contribution >= 4 is 42.6 Å². The fourth-order valence-electron chi connectivity index (χ4n) is 2.31. The first-order valence-corrected chi connectivity index (χ1v) is 9.64. The molecule has 1 aromatic carbocycles. The molecule has 0 saturated heterocycles. The molecule has 0 radical (unpaired) electrons. The van der Waals surface area contributed by atoms with Crippen molar-refractivity contribution in [2.75, 3.05) is 11.4 Å². The van der Waals surface area contributed by atoms with Crippen LogP contribution in [0.4, 0.5) is 18.2 Å². The molecule has 0 spiro atoms. The third-order valence-electron chi connectivity index (χ3n) is 3.77.